The van der Waals surface area contributed by atoms with Gasteiger partial charge in [-0.3, -0.25) is 4.79 Å². The van der Waals surface area contributed by atoms with Crippen LogP contribution in [0, 0.1) is 12.8 Å². The minimum Gasteiger partial charge on any atom is -0.468 e. The zero-order valence-corrected chi connectivity index (χ0v) is 11.5. The summed E-state index contributed by atoms with van der Waals surface area (Å²) in [4.78, 5) is 17.9. The smallest absolute Gasteiger partial charge is 0.324 e. The molecule has 1 heterocycles. The molecule has 0 fully saturated rings. The minimum atomic E-state index is -3.81. The first-order chi connectivity index (χ1) is 8.27. The fourth-order valence-electron chi connectivity index (χ4n) is 1.35. The summed E-state index contributed by atoms with van der Waals surface area (Å²) in [5, 5.41) is -0.0745. The number of aryl methyl sites for hydroxylation is 1. The summed E-state index contributed by atoms with van der Waals surface area (Å²) in [5.41, 5.74) is 0. The third-order valence-corrected chi connectivity index (χ3v) is 3.72. The van der Waals surface area contributed by atoms with Gasteiger partial charge in [-0.2, -0.15) is 4.72 Å². The molecule has 0 aromatic carbocycles. The first-order valence-electron chi connectivity index (χ1n) is 5.39. The number of nitrogens with one attached hydrogen (secondary N) is 2. The predicted octanol–water partition coefficient (Wildman–Crippen LogP) is 0.194. The highest BCUT2D eigenvalue weighted by molar-refractivity contribution is 7.89. The predicted molar refractivity (Wildman–Crippen MR) is 64.3 cm³/mol. The summed E-state index contributed by atoms with van der Waals surface area (Å²) in [6.07, 6.45) is 1.20. The number of nitrogens with zero attached hydrogens (tertiary/aromatic N) is 1. The summed E-state index contributed by atoms with van der Waals surface area (Å²) < 4.78 is 30.8. The van der Waals surface area contributed by atoms with E-state index in [-0.39, 0.29) is 10.9 Å². The zero-order valence-electron chi connectivity index (χ0n) is 10.7. The van der Waals surface area contributed by atoms with Crippen LogP contribution in [0.5, 0.6) is 0 Å². The molecule has 0 aliphatic carbocycles. The number of sulfonamides is 1. The fraction of sp³-hybridized carbons (Fsp3) is 0.600. The van der Waals surface area contributed by atoms with Gasteiger partial charge < -0.3 is 9.72 Å². The molecular formula is C10H17N3O4S. The second-order valence-electron chi connectivity index (χ2n) is 4.20. The Bertz CT molecular complexity index is 521. The topological polar surface area (TPSA) is 101 Å². The molecule has 102 valence electrons. The van der Waals surface area contributed by atoms with Crippen LogP contribution >= 0.6 is 0 Å². The van der Waals surface area contributed by atoms with E-state index in [2.05, 4.69) is 19.4 Å². The van der Waals surface area contributed by atoms with Crippen molar-refractivity contribution in [3.05, 3.63) is 12.0 Å². The highest BCUT2D eigenvalue weighted by Crippen LogP contribution is 2.10. The fourth-order valence-corrected chi connectivity index (χ4v) is 2.65. The van der Waals surface area contributed by atoms with Crippen LogP contribution in [0.25, 0.3) is 0 Å². The van der Waals surface area contributed by atoms with E-state index in [9.17, 15) is 13.2 Å². The van der Waals surface area contributed by atoms with Gasteiger partial charge in [-0.05, 0) is 12.8 Å². The van der Waals surface area contributed by atoms with Crippen molar-refractivity contribution in [2.24, 2.45) is 5.92 Å². The highest BCUT2D eigenvalue weighted by atomic mass is 32.2. The average molecular weight is 275 g/mol. The standard InChI is InChI=1S/C10H17N3O4S/c1-6(2)9(10(14)17-4)13-18(15,16)8-5-11-7(3)12-8/h5-6,9,13H,1-4H3,(H,11,12). The number of H-pyrrole nitrogens is 1. The maximum atomic E-state index is 12.0. The van der Waals surface area contributed by atoms with E-state index < -0.39 is 22.0 Å². The third-order valence-electron chi connectivity index (χ3n) is 2.37. The van der Waals surface area contributed by atoms with Crippen molar-refractivity contribution in [1.82, 2.24) is 14.7 Å². The molecule has 0 saturated carbocycles. The molecule has 2 N–H and O–H groups in total. The van der Waals surface area contributed by atoms with Gasteiger partial charge in [0, 0.05) is 0 Å². The molecule has 1 atom stereocenters. The SMILES string of the molecule is COC(=O)C(NS(=O)(=O)c1cnc(C)[nH]1)C(C)C. The Morgan fingerprint density at radius 2 is 2.11 bits per heavy atom. The van der Waals surface area contributed by atoms with E-state index in [0.29, 0.717) is 5.82 Å². The maximum absolute atomic E-state index is 12.0. The van der Waals surface area contributed by atoms with E-state index in [0.717, 1.165) is 0 Å². The molecular weight excluding hydrogens is 258 g/mol. The molecule has 0 saturated heterocycles. The highest BCUT2D eigenvalue weighted by Gasteiger charge is 2.29. The number of esters is 1. The van der Waals surface area contributed by atoms with Crippen molar-refractivity contribution in [3.8, 4) is 0 Å². The molecule has 1 unspecified atom stereocenters. The summed E-state index contributed by atoms with van der Waals surface area (Å²) >= 11 is 0. The van der Waals surface area contributed by atoms with Crippen LogP contribution in [0.15, 0.2) is 11.2 Å². The lowest BCUT2D eigenvalue weighted by Crippen LogP contribution is -2.45. The van der Waals surface area contributed by atoms with E-state index in [4.69, 9.17) is 0 Å². The summed E-state index contributed by atoms with van der Waals surface area (Å²) in [6, 6.07) is -0.927. The summed E-state index contributed by atoms with van der Waals surface area (Å²) in [6.45, 7) is 5.09. The second kappa shape index (κ2) is 5.49. The molecule has 1 aromatic rings. The lowest BCUT2D eigenvalue weighted by molar-refractivity contribution is -0.143. The van der Waals surface area contributed by atoms with Gasteiger partial charge in [0.2, 0.25) is 0 Å². The number of ether oxygens (including phenoxy) is 1. The van der Waals surface area contributed by atoms with Gasteiger partial charge in [0.15, 0.2) is 5.03 Å². The maximum Gasteiger partial charge on any atom is 0.324 e. The van der Waals surface area contributed by atoms with Gasteiger partial charge in [0.1, 0.15) is 11.9 Å². The number of hydrogen-bond acceptors (Lipinski definition) is 5. The van der Waals surface area contributed by atoms with E-state index in [1.807, 2.05) is 0 Å². The first kappa shape index (κ1) is 14.7. The largest absolute Gasteiger partial charge is 0.468 e. The molecule has 7 nitrogen and oxygen atoms in total. The lowest BCUT2D eigenvalue weighted by atomic mass is 10.1. The molecule has 0 spiro atoms. The van der Waals surface area contributed by atoms with Crippen LogP contribution < -0.4 is 4.72 Å². The van der Waals surface area contributed by atoms with Crippen LogP contribution in [0.1, 0.15) is 19.7 Å². The molecule has 0 radical (unpaired) electrons. The molecule has 1 aromatic heterocycles. The number of aromatic nitrogens is 2. The molecule has 0 aliphatic heterocycles. The minimum absolute atomic E-state index is 0.0745. The number of carbonyl (C=O) groups excluding carboxylic acids is 1. The van der Waals surface area contributed by atoms with Crippen molar-refractivity contribution < 1.29 is 17.9 Å². The van der Waals surface area contributed by atoms with Gasteiger partial charge >= 0.3 is 5.97 Å². The molecule has 8 heteroatoms. The third kappa shape index (κ3) is 3.30. The Kier molecular flexibility index (Phi) is 4.47. The van der Waals surface area contributed by atoms with Crippen LogP contribution in [-0.4, -0.2) is 37.5 Å². The van der Waals surface area contributed by atoms with Crippen LogP contribution in [-0.2, 0) is 19.6 Å². The van der Waals surface area contributed by atoms with Gasteiger partial charge in [-0.25, -0.2) is 13.4 Å². The van der Waals surface area contributed by atoms with Gasteiger partial charge in [-0.1, -0.05) is 13.8 Å². The van der Waals surface area contributed by atoms with Gasteiger partial charge in [0.05, 0.1) is 13.3 Å². The Morgan fingerprint density at radius 1 is 1.50 bits per heavy atom. The monoisotopic (exact) mass is 275 g/mol. The van der Waals surface area contributed by atoms with Crippen molar-refractivity contribution in [1.29, 1.82) is 0 Å². The lowest BCUT2D eigenvalue weighted by Gasteiger charge is -2.19. The molecule has 0 bridgehead atoms. The Balaban J connectivity index is 2.97. The average Bonchev–Trinajstić information content (AvgIpc) is 2.72. The van der Waals surface area contributed by atoms with Crippen molar-refractivity contribution in [2.75, 3.05) is 7.11 Å². The van der Waals surface area contributed by atoms with Crippen LogP contribution in [0.2, 0.25) is 0 Å². The van der Waals surface area contributed by atoms with Crippen LogP contribution in [0.4, 0.5) is 0 Å². The Labute approximate surface area is 106 Å². The van der Waals surface area contributed by atoms with E-state index >= 15 is 0 Å². The van der Waals surface area contributed by atoms with Crippen molar-refractivity contribution >= 4 is 16.0 Å². The van der Waals surface area contributed by atoms with Crippen molar-refractivity contribution in [2.45, 2.75) is 31.8 Å². The molecule has 0 amide bonds. The second-order valence-corrected chi connectivity index (χ2v) is 5.88. The first-order valence-corrected chi connectivity index (χ1v) is 6.88. The number of hydrogen-bond donors (Lipinski definition) is 2. The quantitative estimate of drug-likeness (QED) is 0.747. The molecule has 0 aliphatic rings. The number of imidazole rings is 1. The molecule has 18 heavy (non-hydrogen) atoms. The number of methoxy groups -OCH3 is 1. The summed E-state index contributed by atoms with van der Waals surface area (Å²) in [7, 11) is -2.59. The Hall–Kier alpha value is -1.41. The number of aromatic amines is 1. The van der Waals surface area contributed by atoms with Crippen molar-refractivity contribution in [3.63, 3.8) is 0 Å². The van der Waals surface area contributed by atoms with E-state index in [1.165, 1.54) is 13.3 Å². The normalized spacial score (nSPS) is 13.6. The van der Waals surface area contributed by atoms with E-state index in [1.54, 1.807) is 20.8 Å². The number of carbonyl (C=O) groups is 1. The Morgan fingerprint density at radius 3 is 2.50 bits per heavy atom. The van der Waals surface area contributed by atoms with Gasteiger partial charge in [0.25, 0.3) is 10.0 Å². The number of rotatable bonds is 5. The van der Waals surface area contributed by atoms with Gasteiger partial charge in [-0.15, -0.1) is 0 Å². The molecule has 1 rings (SSSR count). The van der Waals surface area contributed by atoms with Crippen LogP contribution in [0.3, 0.4) is 0 Å². The summed E-state index contributed by atoms with van der Waals surface area (Å²) in [5.74, 6) is -0.365. The zero-order chi connectivity index (χ0) is 13.9.